The van der Waals surface area contributed by atoms with E-state index in [1.165, 1.54) is 22.9 Å². The van der Waals surface area contributed by atoms with Crippen molar-refractivity contribution in [1.82, 2.24) is 20.1 Å². The Bertz CT molecular complexity index is 1290. The van der Waals surface area contributed by atoms with Gasteiger partial charge in [-0.25, -0.2) is 0 Å². The Hall–Kier alpha value is -3.58. The van der Waals surface area contributed by atoms with Crippen LogP contribution in [0.5, 0.6) is 5.75 Å². The van der Waals surface area contributed by atoms with Gasteiger partial charge in [0, 0.05) is 5.69 Å². The lowest BCUT2D eigenvalue weighted by molar-refractivity contribution is -0.119. The third-order valence-electron chi connectivity index (χ3n) is 6.03. The smallest absolute Gasteiger partial charge is 0.230 e. The Labute approximate surface area is 203 Å². The van der Waals surface area contributed by atoms with Crippen molar-refractivity contribution in [3.05, 3.63) is 90.0 Å². The number of fused-ring (bicyclic) bond motifs is 1. The van der Waals surface area contributed by atoms with E-state index in [0.717, 1.165) is 36.3 Å². The summed E-state index contributed by atoms with van der Waals surface area (Å²) >= 11 is 1.39. The summed E-state index contributed by atoms with van der Waals surface area (Å²) in [5.74, 6) is 1.65. The Morgan fingerprint density at radius 2 is 1.79 bits per heavy atom. The Morgan fingerprint density at radius 3 is 2.65 bits per heavy atom. The van der Waals surface area contributed by atoms with E-state index < -0.39 is 0 Å². The minimum atomic E-state index is -0.00634. The fourth-order valence-electron chi connectivity index (χ4n) is 4.45. The second-order valence-corrected chi connectivity index (χ2v) is 9.12. The lowest BCUT2D eigenvalue weighted by atomic mass is 9.88. The second kappa shape index (κ2) is 10.1. The first kappa shape index (κ1) is 22.2. The molecule has 0 spiro atoms. The minimum absolute atomic E-state index is 0.00634. The zero-order valence-corrected chi connectivity index (χ0v) is 19.8. The minimum Gasteiger partial charge on any atom is -0.496 e. The predicted molar refractivity (Wildman–Crippen MR) is 134 cm³/mol. The van der Waals surface area contributed by atoms with E-state index >= 15 is 0 Å². The van der Waals surface area contributed by atoms with E-state index in [4.69, 9.17) is 4.74 Å². The maximum absolute atomic E-state index is 12.9. The molecule has 1 aliphatic rings. The van der Waals surface area contributed by atoms with Crippen molar-refractivity contribution >= 4 is 17.7 Å². The van der Waals surface area contributed by atoms with Gasteiger partial charge in [0.1, 0.15) is 5.75 Å². The van der Waals surface area contributed by atoms with Crippen LogP contribution in [0.15, 0.2) is 84.0 Å². The molecule has 5 rings (SSSR count). The molecule has 0 bridgehead atoms. The van der Waals surface area contributed by atoms with Crippen LogP contribution in [-0.2, 0) is 11.2 Å². The van der Waals surface area contributed by atoms with Crippen LogP contribution in [-0.4, -0.2) is 33.5 Å². The first-order valence-electron chi connectivity index (χ1n) is 11.4. The van der Waals surface area contributed by atoms with Crippen LogP contribution in [0.4, 0.5) is 0 Å². The molecular weight excluding hydrogens is 444 g/mol. The monoisotopic (exact) mass is 470 g/mol. The summed E-state index contributed by atoms with van der Waals surface area (Å²) < 4.78 is 7.54. The third kappa shape index (κ3) is 4.56. The molecule has 7 heteroatoms. The van der Waals surface area contributed by atoms with Crippen LogP contribution in [0.1, 0.15) is 30.0 Å². The second-order valence-electron chi connectivity index (χ2n) is 8.18. The highest BCUT2D eigenvalue weighted by Gasteiger charge is 2.23. The van der Waals surface area contributed by atoms with Gasteiger partial charge in [0.25, 0.3) is 0 Å². The summed E-state index contributed by atoms with van der Waals surface area (Å²) in [6.07, 6.45) is 3.12. The van der Waals surface area contributed by atoms with E-state index in [2.05, 4.69) is 33.7 Å². The zero-order chi connectivity index (χ0) is 23.3. The molecule has 0 fully saturated rings. The lowest BCUT2D eigenvalue weighted by Gasteiger charge is -2.26. The highest BCUT2D eigenvalue weighted by molar-refractivity contribution is 7.99. The van der Waals surface area contributed by atoms with Crippen molar-refractivity contribution in [2.45, 2.75) is 30.5 Å². The lowest BCUT2D eigenvalue weighted by Crippen LogP contribution is -2.32. The van der Waals surface area contributed by atoms with E-state index in [0.29, 0.717) is 11.0 Å². The molecule has 0 saturated carbocycles. The van der Waals surface area contributed by atoms with Crippen LogP contribution >= 0.6 is 11.8 Å². The van der Waals surface area contributed by atoms with Crippen molar-refractivity contribution in [3.8, 4) is 22.8 Å². The number of carbonyl (C=O) groups excluding carboxylic acids is 1. The number of nitrogens with zero attached hydrogens (tertiary/aromatic N) is 3. The summed E-state index contributed by atoms with van der Waals surface area (Å²) in [6, 6.07) is 26.1. The van der Waals surface area contributed by atoms with Gasteiger partial charge < -0.3 is 10.1 Å². The maximum atomic E-state index is 12.9. The number of ether oxygens (including phenoxy) is 1. The SMILES string of the molecule is COc1ccccc1-c1nnc(SCC(=O)NC2CCCc3ccccc32)n1-c1ccccc1. The molecule has 0 saturated heterocycles. The van der Waals surface area contributed by atoms with Crippen LogP contribution in [0, 0.1) is 0 Å². The molecule has 34 heavy (non-hydrogen) atoms. The number of carbonyl (C=O) groups is 1. The molecular formula is C27H26N4O2S. The molecule has 1 N–H and O–H groups in total. The normalized spacial score (nSPS) is 14.9. The van der Waals surface area contributed by atoms with Crippen molar-refractivity contribution in [2.75, 3.05) is 12.9 Å². The first-order chi connectivity index (χ1) is 16.7. The van der Waals surface area contributed by atoms with Crippen molar-refractivity contribution in [1.29, 1.82) is 0 Å². The molecule has 6 nitrogen and oxygen atoms in total. The van der Waals surface area contributed by atoms with Crippen LogP contribution < -0.4 is 10.1 Å². The first-order valence-corrected chi connectivity index (χ1v) is 12.4. The number of methoxy groups -OCH3 is 1. The predicted octanol–water partition coefficient (Wildman–Crippen LogP) is 5.23. The number of nitrogens with one attached hydrogen (secondary N) is 1. The zero-order valence-electron chi connectivity index (χ0n) is 19.0. The topological polar surface area (TPSA) is 69.0 Å². The highest BCUT2D eigenvalue weighted by Crippen LogP contribution is 2.33. The Morgan fingerprint density at radius 1 is 1.03 bits per heavy atom. The number of aromatic nitrogens is 3. The fraction of sp³-hybridized carbons (Fsp3) is 0.222. The Balaban J connectivity index is 1.38. The summed E-state index contributed by atoms with van der Waals surface area (Å²) in [7, 11) is 1.64. The van der Waals surface area contributed by atoms with Crippen molar-refractivity contribution < 1.29 is 9.53 Å². The number of thioether (sulfide) groups is 1. The number of benzene rings is 3. The van der Waals surface area contributed by atoms with Crippen LogP contribution in [0.25, 0.3) is 17.1 Å². The molecule has 172 valence electrons. The van der Waals surface area contributed by atoms with Gasteiger partial charge in [0.15, 0.2) is 11.0 Å². The van der Waals surface area contributed by atoms with Gasteiger partial charge in [-0.1, -0.05) is 66.4 Å². The number of amides is 1. The molecule has 3 aromatic carbocycles. The molecule has 1 heterocycles. The molecule has 1 aromatic heterocycles. The average molecular weight is 471 g/mol. The largest absolute Gasteiger partial charge is 0.496 e. The van der Waals surface area contributed by atoms with Gasteiger partial charge in [-0.3, -0.25) is 9.36 Å². The molecule has 1 unspecified atom stereocenters. The van der Waals surface area contributed by atoms with E-state index in [9.17, 15) is 4.79 Å². The summed E-state index contributed by atoms with van der Waals surface area (Å²) in [5.41, 5.74) is 4.34. The molecule has 1 amide bonds. The quantitative estimate of drug-likeness (QED) is 0.375. The van der Waals surface area contributed by atoms with Crippen LogP contribution in [0.3, 0.4) is 0 Å². The molecule has 0 radical (unpaired) electrons. The van der Waals surface area contributed by atoms with E-state index in [1.54, 1.807) is 7.11 Å². The van der Waals surface area contributed by atoms with Crippen LogP contribution in [0.2, 0.25) is 0 Å². The van der Waals surface area contributed by atoms with Gasteiger partial charge in [-0.2, -0.15) is 0 Å². The average Bonchev–Trinajstić information content (AvgIpc) is 3.32. The molecule has 1 atom stereocenters. The van der Waals surface area contributed by atoms with Gasteiger partial charge in [-0.15, -0.1) is 10.2 Å². The number of para-hydroxylation sites is 2. The van der Waals surface area contributed by atoms with Gasteiger partial charge >= 0.3 is 0 Å². The summed E-state index contributed by atoms with van der Waals surface area (Å²) in [6.45, 7) is 0. The van der Waals surface area contributed by atoms with Crippen molar-refractivity contribution in [3.63, 3.8) is 0 Å². The summed E-state index contributed by atoms with van der Waals surface area (Å²) in [4.78, 5) is 12.9. The molecule has 0 aliphatic heterocycles. The van der Waals surface area contributed by atoms with E-state index in [1.807, 2.05) is 65.2 Å². The number of aryl methyl sites for hydroxylation is 1. The standard InChI is InChI=1S/C27H26N4O2S/c1-33-24-17-8-7-15-22(24)26-29-30-27(31(26)20-12-3-2-4-13-20)34-18-25(32)28-23-16-9-11-19-10-5-6-14-21(19)23/h2-8,10,12-15,17,23H,9,11,16,18H2,1H3,(H,28,32). The Kier molecular flexibility index (Phi) is 6.62. The van der Waals surface area contributed by atoms with E-state index in [-0.39, 0.29) is 17.7 Å². The van der Waals surface area contributed by atoms with Gasteiger partial charge in [-0.05, 0) is 54.7 Å². The number of rotatable bonds is 7. The number of hydrogen-bond donors (Lipinski definition) is 1. The summed E-state index contributed by atoms with van der Waals surface area (Å²) in [5, 5.41) is 12.8. The molecule has 1 aliphatic carbocycles. The number of hydrogen-bond acceptors (Lipinski definition) is 5. The molecule has 4 aromatic rings. The third-order valence-corrected chi connectivity index (χ3v) is 6.96. The van der Waals surface area contributed by atoms with Gasteiger partial charge in [0.05, 0.1) is 24.5 Å². The maximum Gasteiger partial charge on any atom is 0.230 e. The van der Waals surface area contributed by atoms with Crippen molar-refractivity contribution in [2.24, 2.45) is 0 Å². The fourth-order valence-corrected chi connectivity index (χ4v) is 5.21. The highest BCUT2D eigenvalue weighted by atomic mass is 32.2. The van der Waals surface area contributed by atoms with Gasteiger partial charge in [0.2, 0.25) is 5.91 Å².